The van der Waals surface area contributed by atoms with Gasteiger partial charge in [0.2, 0.25) is 11.8 Å². The first-order valence-corrected chi connectivity index (χ1v) is 9.65. The van der Waals surface area contributed by atoms with Crippen molar-refractivity contribution in [1.82, 2.24) is 0 Å². The molecule has 1 saturated heterocycles. The number of benzene rings is 2. The summed E-state index contributed by atoms with van der Waals surface area (Å²) in [7, 11) is 0. The molecule has 0 aromatic heterocycles. The van der Waals surface area contributed by atoms with Gasteiger partial charge in [-0.3, -0.25) is 9.59 Å². The van der Waals surface area contributed by atoms with Crippen LogP contribution in [0.3, 0.4) is 0 Å². The van der Waals surface area contributed by atoms with E-state index in [2.05, 4.69) is 21.2 Å². The van der Waals surface area contributed by atoms with E-state index in [1.54, 1.807) is 18.2 Å². The molecule has 1 N–H and O–H groups in total. The third-order valence-corrected chi connectivity index (χ3v) is 6.36. The van der Waals surface area contributed by atoms with Crippen LogP contribution in [0.1, 0.15) is 17.5 Å². The number of anilines is 2. The van der Waals surface area contributed by atoms with Crippen LogP contribution in [0.25, 0.3) is 0 Å². The van der Waals surface area contributed by atoms with Crippen LogP contribution in [0, 0.1) is 19.8 Å². The van der Waals surface area contributed by atoms with Crippen LogP contribution in [-0.2, 0) is 9.59 Å². The molecule has 1 fully saturated rings. The Morgan fingerprint density at radius 1 is 1.19 bits per heavy atom. The van der Waals surface area contributed by atoms with Crippen LogP contribution in [0.15, 0.2) is 34.8 Å². The maximum atomic E-state index is 12.7. The number of hydrogen-bond donors (Lipinski definition) is 1. The van der Waals surface area contributed by atoms with E-state index >= 15 is 0 Å². The van der Waals surface area contributed by atoms with Crippen LogP contribution in [0.4, 0.5) is 11.4 Å². The van der Waals surface area contributed by atoms with Gasteiger partial charge in [0, 0.05) is 23.1 Å². The minimum atomic E-state index is -0.444. The lowest BCUT2D eigenvalue weighted by molar-refractivity contribution is -0.122. The number of rotatable bonds is 3. The quantitative estimate of drug-likeness (QED) is 0.676. The fraction of sp³-hybridized carbons (Fsp3) is 0.263. The predicted octanol–water partition coefficient (Wildman–Crippen LogP) is 5.36. The van der Waals surface area contributed by atoms with E-state index in [1.165, 1.54) is 4.90 Å². The zero-order chi connectivity index (χ0) is 19.0. The van der Waals surface area contributed by atoms with Gasteiger partial charge in [-0.05, 0) is 49.2 Å². The third-order valence-electron chi connectivity index (χ3n) is 4.70. The van der Waals surface area contributed by atoms with E-state index < -0.39 is 5.92 Å². The molecule has 0 saturated carbocycles. The lowest BCUT2D eigenvalue weighted by Gasteiger charge is -2.19. The van der Waals surface area contributed by atoms with E-state index in [0.717, 1.165) is 21.3 Å². The summed E-state index contributed by atoms with van der Waals surface area (Å²) in [5.41, 5.74) is 3.35. The standard InChI is InChI=1S/C19H17BrCl2N2O2/c1-10-11(2)15(7-6-13(10)20)23-19(26)12-8-17(25)24(9-12)16-5-3-4-14(21)18(16)22/h3-7,12H,8-9H2,1-2H3,(H,23,26)/t12-/m1/s1. The average molecular weight is 456 g/mol. The highest BCUT2D eigenvalue weighted by Gasteiger charge is 2.36. The normalized spacial score (nSPS) is 16.9. The van der Waals surface area contributed by atoms with Gasteiger partial charge in [0.05, 0.1) is 21.7 Å². The van der Waals surface area contributed by atoms with Crippen LogP contribution < -0.4 is 10.2 Å². The van der Waals surface area contributed by atoms with Crippen molar-refractivity contribution in [3.8, 4) is 0 Å². The summed E-state index contributed by atoms with van der Waals surface area (Å²) in [5, 5.41) is 3.64. The second-order valence-electron chi connectivity index (χ2n) is 6.31. The predicted molar refractivity (Wildman–Crippen MR) is 109 cm³/mol. The fourth-order valence-electron chi connectivity index (χ4n) is 2.97. The summed E-state index contributed by atoms with van der Waals surface area (Å²) in [6.45, 7) is 4.21. The summed E-state index contributed by atoms with van der Waals surface area (Å²) in [6, 6.07) is 8.88. The minimum Gasteiger partial charge on any atom is -0.326 e. The smallest absolute Gasteiger partial charge is 0.229 e. The van der Waals surface area contributed by atoms with Crippen molar-refractivity contribution < 1.29 is 9.59 Å². The van der Waals surface area contributed by atoms with E-state index in [9.17, 15) is 9.59 Å². The van der Waals surface area contributed by atoms with Gasteiger partial charge in [-0.1, -0.05) is 45.2 Å². The van der Waals surface area contributed by atoms with E-state index in [0.29, 0.717) is 15.7 Å². The Bertz CT molecular complexity index is 901. The summed E-state index contributed by atoms with van der Waals surface area (Å²) < 4.78 is 0.991. The van der Waals surface area contributed by atoms with Gasteiger partial charge in [-0.25, -0.2) is 0 Å². The van der Waals surface area contributed by atoms with Crippen LogP contribution in [0.2, 0.25) is 10.0 Å². The van der Waals surface area contributed by atoms with Crippen LogP contribution in [-0.4, -0.2) is 18.4 Å². The number of halogens is 3. The van der Waals surface area contributed by atoms with Gasteiger partial charge in [0.25, 0.3) is 0 Å². The maximum Gasteiger partial charge on any atom is 0.229 e. The molecule has 136 valence electrons. The fourth-order valence-corrected chi connectivity index (χ4v) is 3.80. The molecule has 1 aliphatic heterocycles. The highest BCUT2D eigenvalue weighted by molar-refractivity contribution is 9.10. The zero-order valence-corrected chi connectivity index (χ0v) is 17.4. The maximum absolute atomic E-state index is 12.7. The van der Waals surface area contributed by atoms with Crippen LogP contribution >= 0.6 is 39.1 Å². The second kappa shape index (κ2) is 7.59. The largest absolute Gasteiger partial charge is 0.326 e. The van der Waals surface area contributed by atoms with Crippen molar-refractivity contribution >= 4 is 62.3 Å². The lowest BCUT2D eigenvalue weighted by Crippen LogP contribution is -2.28. The first-order valence-electron chi connectivity index (χ1n) is 8.10. The molecule has 1 aliphatic rings. The van der Waals surface area contributed by atoms with Crippen LogP contribution in [0.5, 0.6) is 0 Å². The zero-order valence-electron chi connectivity index (χ0n) is 14.3. The molecule has 2 aromatic carbocycles. The second-order valence-corrected chi connectivity index (χ2v) is 7.95. The Labute approximate surface area is 170 Å². The van der Waals surface area contributed by atoms with Crippen molar-refractivity contribution in [3.63, 3.8) is 0 Å². The number of amides is 2. The molecule has 2 amide bonds. The Morgan fingerprint density at radius 2 is 1.92 bits per heavy atom. The van der Waals surface area contributed by atoms with Gasteiger partial charge < -0.3 is 10.2 Å². The summed E-state index contributed by atoms with van der Waals surface area (Å²) in [4.78, 5) is 26.6. The molecule has 2 aromatic rings. The summed E-state index contributed by atoms with van der Waals surface area (Å²) in [6.07, 6.45) is 0.142. The molecule has 0 spiro atoms. The van der Waals surface area contributed by atoms with Gasteiger partial charge in [0.1, 0.15) is 0 Å². The molecular weight excluding hydrogens is 439 g/mol. The Balaban J connectivity index is 1.77. The highest BCUT2D eigenvalue weighted by atomic mass is 79.9. The monoisotopic (exact) mass is 454 g/mol. The van der Waals surface area contributed by atoms with Gasteiger partial charge in [-0.15, -0.1) is 0 Å². The summed E-state index contributed by atoms with van der Waals surface area (Å²) >= 11 is 15.7. The third kappa shape index (κ3) is 3.61. The Kier molecular flexibility index (Phi) is 5.61. The van der Waals surface area contributed by atoms with Crippen molar-refractivity contribution in [2.75, 3.05) is 16.8 Å². The summed E-state index contributed by atoms with van der Waals surface area (Å²) in [5.74, 6) is -0.761. The first kappa shape index (κ1) is 19.2. The average Bonchev–Trinajstić information content (AvgIpc) is 2.99. The van der Waals surface area contributed by atoms with Gasteiger partial charge >= 0.3 is 0 Å². The van der Waals surface area contributed by atoms with E-state index in [1.807, 2.05) is 26.0 Å². The molecule has 0 bridgehead atoms. The minimum absolute atomic E-state index is 0.141. The molecule has 1 heterocycles. The number of carbonyl (C=O) groups is 2. The Morgan fingerprint density at radius 3 is 2.65 bits per heavy atom. The molecular formula is C19H17BrCl2N2O2. The number of carbonyl (C=O) groups excluding carboxylic acids is 2. The molecule has 3 rings (SSSR count). The van der Waals surface area contributed by atoms with E-state index in [4.69, 9.17) is 23.2 Å². The van der Waals surface area contributed by atoms with Crippen molar-refractivity contribution in [3.05, 3.63) is 56.0 Å². The van der Waals surface area contributed by atoms with Gasteiger partial charge in [0.15, 0.2) is 0 Å². The molecule has 1 atom stereocenters. The number of nitrogens with zero attached hydrogens (tertiary/aromatic N) is 1. The van der Waals surface area contributed by atoms with E-state index in [-0.39, 0.29) is 24.8 Å². The highest BCUT2D eigenvalue weighted by Crippen LogP contribution is 2.36. The lowest BCUT2D eigenvalue weighted by atomic mass is 10.1. The molecule has 26 heavy (non-hydrogen) atoms. The molecule has 0 aliphatic carbocycles. The van der Waals surface area contributed by atoms with Crippen molar-refractivity contribution in [2.45, 2.75) is 20.3 Å². The van der Waals surface area contributed by atoms with Crippen molar-refractivity contribution in [2.24, 2.45) is 5.92 Å². The first-order chi connectivity index (χ1) is 12.3. The van der Waals surface area contributed by atoms with Gasteiger partial charge in [-0.2, -0.15) is 0 Å². The SMILES string of the molecule is Cc1c(Br)ccc(NC(=O)[C@@H]2CC(=O)N(c3cccc(Cl)c3Cl)C2)c1C. The number of hydrogen-bond acceptors (Lipinski definition) is 2. The Hall–Kier alpha value is -1.56. The molecule has 4 nitrogen and oxygen atoms in total. The molecule has 0 unspecified atom stereocenters. The number of nitrogens with one attached hydrogen (secondary N) is 1. The van der Waals surface area contributed by atoms with Crippen molar-refractivity contribution in [1.29, 1.82) is 0 Å². The topological polar surface area (TPSA) is 49.4 Å². The molecule has 7 heteroatoms. The molecule has 0 radical (unpaired) electrons.